The van der Waals surface area contributed by atoms with Crippen molar-refractivity contribution >= 4 is 14.6 Å². The summed E-state index contributed by atoms with van der Waals surface area (Å²) in [6.07, 6.45) is 0.403. The van der Waals surface area contributed by atoms with Crippen LogP contribution in [0.3, 0.4) is 0 Å². The van der Waals surface area contributed by atoms with E-state index in [9.17, 15) is 0 Å². The summed E-state index contributed by atoms with van der Waals surface area (Å²) < 4.78 is 3.47. The summed E-state index contributed by atoms with van der Waals surface area (Å²) in [5.41, 5.74) is 0. The number of hydrogen-bond donors (Lipinski definition) is 10. The Labute approximate surface area is 149 Å². The van der Waals surface area contributed by atoms with Crippen molar-refractivity contribution in [1.82, 2.24) is 0 Å². The molecule has 10 N–H and O–H groups in total. The van der Waals surface area contributed by atoms with E-state index in [1.54, 1.807) is 20.8 Å². The SMILES string of the molecule is CC(O)CCO.CC(O)CCO.CC(O)CCO.OB(O)OB(O)O. The molecule has 0 aromatic rings. The fourth-order valence-electron chi connectivity index (χ4n) is 0.669. The normalized spacial score (nSPS) is 12.8. The van der Waals surface area contributed by atoms with E-state index in [1.807, 2.05) is 0 Å². The van der Waals surface area contributed by atoms with E-state index in [1.165, 1.54) is 0 Å². The number of aliphatic hydroxyl groups is 6. The smallest absolute Gasteiger partial charge is 0.402 e. The van der Waals surface area contributed by atoms with Crippen LogP contribution in [0, 0.1) is 0 Å². The predicted octanol–water partition coefficient (Wildman–Crippen LogP) is -3.81. The molecule has 0 saturated carbocycles. The van der Waals surface area contributed by atoms with Gasteiger partial charge in [-0.25, -0.2) is 0 Å². The zero-order chi connectivity index (χ0) is 20.8. The Morgan fingerprint density at radius 1 is 0.600 bits per heavy atom. The van der Waals surface area contributed by atoms with Gasteiger partial charge in [-0.1, -0.05) is 0 Å². The molecule has 0 amide bonds. The lowest BCUT2D eigenvalue weighted by molar-refractivity contribution is 0.148. The van der Waals surface area contributed by atoms with Crippen LogP contribution < -0.4 is 0 Å². The van der Waals surface area contributed by atoms with Crippen molar-refractivity contribution in [2.45, 2.75) is 58.3 Å². The Morgan fingerprint density at radius 3 is 0.800 bits per heavy atom. The van der Waals surface area contributed by atoms with Crippen molar-refractivity contribution in [2.24, 2.45) is 0 Å². The summed E-state index contributed by atoms with van der Waals surface area (Å²) in [5.74, 6) is 0. The second-order valence-corrected chi connectivity index (χ2v) is 4.87. The van der Waals surface area contributed by atoms with Crippen LogP contribution in [0.4, 0.5) is 0 Å². The molecule has 0 aromatic heterocycles. The monoisotopic (exact) mass is 376 g/mol. The highest BCUT2D eigenvalue weighted by Crippen LogP contribution is 1.84. The van der Waals surface area contributed by atoms with Crippen LogP contribution in [0.25, 0.3) is 0 Å². The van der Waals surface area contributed by atoms with Crippen molar-refractivity contribution in [2.75, 3.05) is 19.8 Å². The third-order valence-corrected chi connectivity index (χ3v) is 1.88. The van der Waals surface area contributed by atoms with Crippen LogP contribution in [-0.4, -0.2) is 104 Å². The Balaban J connectivity index is -0.000000118. The first-order valence-electron chi connectivity index (χ1n) is 7.68. The minimum Gasteiger partial charge on any atom is -0.402 e. The van der Waals surface area contributed by atoms with Gasteiger partial charge in [-0.15, -0.1) is 0 Å². The van der Waals surface area contributed by atoms with Crippen molar-refractivity contribution in [3.8, 4) is 0 Å². The minimum absolute atomic E-state index is 0.0810. The largest absolute Gasteiger partial charge is 0.621 e. The average Bonchev–Trinajstić information content (AvgIpc) is 2.38. The maximum atomic E-state index is 8.39. The van der Waals surface area contributed by atoms with E-state index in [0.717, 1.165) is 0 Å². The fourth-order valence-corrected chi connectivity index (χ4v) is 0.669. The molecule has 0 aliphatic heterocycles. The van der Waals surface area contributed by atoms with Gasteiger partial charge in [0.1, 0.15) is 0 Å². The van der Waals surface area contributed by atoms with Crippen molar-refractivity contribution in [1.29, 1.82) is 0 Å². The molecule has 13 heteroatoms. The molecular formula is C12H34B2O11. The van der Waals surface area contributed by atoms with Gasteiger partial charge < -0.3 is 55.3 Å². The van der Waals surface area contributed by atoms with Crippen LogP contribution >= 0.6 is 0 Å². The van der Waals surface area contributed by atoms with Gasteiger partial charge in [0.15, 0.2) is 0 Å². The molecule has 11 nitrogen and oxygen atoms in total. The minimum atomic E-state index is -2.13. The van der Waals surface area contributed by atoms with E-state index >= 15 is 0 Å². The summed E-state index contributed by atoms with van der Waals surface area (Å²) >= 11 is 0. The number of hydrogen-bond acceptors (Lipinski definition) is 11. The maximum Gasteiger partial charge on any atom is 0.621 e. The number of rotatable bonds is 8. The van der Waals surface area contributed by atoms with Crippen LogP contribution in [-0.2, 0) is 4.57 Å². The lowest BCUT2D eigenvalue weighted by atomic mass is 10.1. The average molecular weight is 376 g/mol. The first-order chi connectivity index (χ1) is 11.4. The molecule has 0 heterocycles. The summed E-state index contributed by atoms with van der Waals surface area (Å²) in [6.45, 7) is 5.19. The topological polar surface area (TPSA) is 212 Å². The van der Waals surface area contributed by atoms with Crippen molar-refractivity contribution in [3.63, 3.8) is 0 Å². The first kappa shape index (κ1) is 32.4. The second-order valence-electron chi connectivity index (χ2n) is 4.87. The summed E-state index contributed by atoms with van der Waals surface area (Å²) in [5, 5.41) is 80.4. The lowest BCUT2D eigenvalue weighted by Gasteiger charge is -1.95. The molecule has 0 spiro atoms. The molecule has 0 aliphatic carbocycles. The van der Waals surface area contributed by atoms with Crippen LogP contribution in [0.1, 0.15) is 40.0 Å². The van der Waals surface area contributed by atoms with Gasteiger partial charge in [-0.05, 0) is 40.0 Å². The second kappa shape index (κ2) is 25.9. The van der Waals surface area contributed by atoms with Gasteiger partial charge in [0.05, 0.1) is 18.3 Å². The van der Waals surface area contributed by atoms with Crippen molar-refractivity contribution < 1.29 is 55.3 Å². The summed E-state index contributed by atoms with van der Waals surface area (Å²) in [7, 11) is -4.25. The van der Waals surface area contributed by atoms with E-state index in [0.29, 0.717) is 19.3 Å². The van der Waals surface area contributed by atoms with Gasteiger partial charge in [0.2, 0.25) is 0 Å². The standard InChI is InChI=1S/3C4H10O2.B2H4O5/c3*1-4(6)2-3-5;3-1(4)7-2(5)6/h3*4-6H,2-3H2,1H3;3-6H. The maximum absolute atomic E-state index is 8.39. The van der Waals surface area contributed by atoms with Crippen LogP contribution in [0.15, 0.2) is 0 Å². The molecule has 0 fully saturated rings. The molecule has 3 atom stereocenters. The first-order valence-corrected chi connectivity index (χ1v) is 7.68. The quantitative estimate of drug-likeness (QED) is 0.186. The Hall–Kier alpha value is -0.310. The zero-order valence-corrected chi connectivity index (χ0v) is 15.0. The molecule has 0 aliphatic rings. The Kier molecular flexibility index (Phi) is 33.6. The van der Waals surface area contributed by atoms with E-state index in [4.69, 9.17) is 50.7 Å². The van der Waals surface area contributed by atoms with E-state index in [2.05, 4.69) is 4.57 Å². The Morgan fingerprint density at radius 2 is 0.800 bits per heavy atom. The van der Waals surface area contributed by atoms with Gasteiger partial charge in [0, 0.05) is 19.8 Å². The number of aliphatic hydroxyl groups excluding tert-OH is 6. The molecule has 25 heavy (non-hydrogen) atoms. The highest BCUT2D eigenvalue weighted by molar-refractivity contribution is 6.48. The van der Waals surface area contributed by atoms with Crippen LogP contribution in [0.5, 0.6) is 0 Å². The van der Waals surface area contributed by atoms with Crippen LogP contribution in [0.2, 0.25) is 0 Å². The van der Waals surface area contributed by atoms with E-state index < -0.39 is 14.6 Å². The molecule has 0 aromatic carbocycles. The van der Waals surface area contributed by atoms with Gasteiger partial charge >= 0.3 is 14.6 Å². The molecule has 0 bridgehead atoms. The lowest BCUT2D eigenvalue weighted by Crippen LogP contribution is -2.28. The molecule has 3 unspecified atom stereocenters. The zero-order valence-electron chi connectivity index (χ0n) is 15.0. The predicted molar refractivity (Wildman–Crippen MR) is 91.6 cm³/mol. The Bertz CT molecular complexity index is 189. The molecule has 154 valence electrons. The summed E-state index contributed by atoms with van der Waals surface area (Å²) in [4.78, 5) is 0. The fraction of sp³-hybridized carbons (Fsp3) is 1.00. The molecular weight excluding hydrogens is 342 g/mol. The molecule has 0 radical (unpaired) electrons. The highest BCUT2D eigenvalue weighted by atomic mass is 16.7. The highest BCUT2D eigenvalue weighted by Gasteiger charge is 2.18. The van der Waals surface area contributed by atoms with Gasteiger partial charge in [-0.3, -0.25) is 0 Å². The van der Waals surface area contributed by atoms with Gasteiger partial charge in [0.25, 0.3) is 0 Å². The third kappa shape index (κ3) is 69.2. The molecule has 0 saturated heterocycles. The summed E-state index contributed by atoms with van der Waals surface area (Å²) in [6, 6.07) is 0. The van der Waals surface area contributed by atoms with Crippen molar-refractivity contribution in [3.05, 3.63) is 0 Å². The molecule has 0 rings (SSSR count). The van der Waals surface area contributed by atoms with Gasteiger partial charge in [-0.2, -0.15) is 0 Å². The third-order valence-electron chi connectivity index (χ3n) is 1.88. The van der Waals surface area contributed by atoms with E-state index in [-0.39, 0.29) is 38.1 Å².